The van der Waals surface area contributed by atoms with Crippen LogP contribution in [0.5, 0.6) is 0 Å². The van der Waals surface area contributed by atoms with Crippen LogP contribution in [0.3, 0.4) is 0 Å². The average molecular weight is 368 g/mol. The first-order chi connectivity index (χ1) is 13.6. The molecule has 6 nitrogen and oxygen atoms in total. The van der Waals surface area contributed by atoms with Gasteiger partial charge in [0.2, 0.25) is 0 Å². The van der Waals surface area contributed by atoms with E-state index in [9.17, 15) is 0 Å². The lowest BCUT2D eigenvalue weighted by Crippen LogP contribution is -2.03. The molecule has 138 valence electrons. The highest BCUT2D eigenvalue weighted by Gasteiger charge is 2.20. The predicted molar refractivity (Wildman–Crippen MR) is 109 cm³/mol. The molecule has 6 heteroatoms. The van der Waals surface area contributed by atoms with Crippen molar-refractivity contribution < 1.29 is 0 Å². The van der Waals surface area contributed by atoms with Crippen LogP contribution in [0.1, 0.15) is 28.2 Å². The van der Waals surface area contributed by atoms with Gasteiger partial charge in [0.15, 0.2) is 17.1 Å². The summed E-state index contributed by atoms with van der Waals surface area (Å²) in [4.78, 5) is 14.2. The number of fused-ring (bicyclic) bond motifs is 3. The first-order valence-electron chi connectivity index (χ1n) is 9.31. The maximum absolute atomic E-state index is 4.85. The van der Waals surface area contributed by atoms with E-state index in [1.165, 1.54) is 5.56 Å². The molecule has 0 fully saturated rings. The van der Waals surface area contributed by atoms with Gasteiger partial charge in [0.1, 0.15) is 12.1 Å². The number of rotatable bonds is 3. The first-order valence-corrected chi connectivity index (χ1v) is 9.31. The number of hydrogen-bond donors (Lipinski definition) is 0. The quantitative estimate of drug-likeness (QED) is 0.483. The Hall–Kier alpha value is -3.54. The highest BCUT2D eigenvalue weighted by Crippen LogP contribution is 2.30. The Kier molecular flexibility index (Phi) is 3.72. The second-order valence-corrected chi connectivity index (χ2v) is 7.09. The fraction of sp³-hybridized carbons (Fsp3) is 0.182. The molecule has 4 heterocycles. The van der Waals surface area contributed by atoms with Crippen LogP contribution in [0.25, 0.3) is 22.5 Å². The Balaban J connectivity index is 1.73. The van der Waals surface area contributed by atoms with Crippen LogP contribution in [0.4, 0.5) is 0 Å². The normalized spacial score (nSPS) is 11.5. The van der Waals surface area contributed by atoms with Gasteiger partial charge in [0.05, 0.1) is 5.39 Å². The Morgan fingerprint density at radius 3 is 2.50 bits per heavy atom. The van der Waals surface area contributed by atoms with E-state index in [4.69, 9.17) is 9.97 Å². The molecule has 0 spiro atoms. The van der Waals surface area contributed by atoms with E-state index in [1.54, 1.807) is 10.8 Å². The molecular formula is C22H20N6. The van der Waals surface area contributed by atoms with Gasteiger partial charge in [-0.3, -0.25) is 4.57 Å². The summed E-state index contributed by atoms with van der Waals surface area (Å²) in [5, 5.41) is 5.67. The van der Waals surface area contributed by atoms with Gasteiger partial charge in [-0.25, -0.2) is 19.5 Å². The molecule has 0 radical (unpaired) electrons. The van der Waals surface area contributed by atoms with E-state index in [1.807, 2.05) is 30.5 Å². The molecule has 0 saturated carbocycles. The van der Waals surface area contributed by atoms with Crippen LogP contribution in [0.15, 0.2) is 55.0 Å². The van der Waals surface area contributed by atoms with Crippen LogP contribution in [0, 0.1) is 20.8 Å². The van der Waals surface area contributed by atoms with Crippen molar-refractivity contribution in [3.63, 3.8) is 0 Å². The zero-order valence-corrected chi connectivity index (χ0v) is 16.1. The van der Waals surface area contributed by atoms with E-state index in [0.29, 0.717) is 6.42 Å². The molecule has 28 heavy (non-hydrogen) atoms. The Morgan fingerprint density at radius 2 is 1.71 bits per heavy atom. The van der Waals surface area contributed by atoms with Gasteiger partial charge in [0.25, 0.3) is 0 Å². The first kappa shape index (κ1) is 16.6. The lowest BCUT2D eigenvalue weighted by molar-refractivity contribution is 0.876. The van der Waals surface area contributed by atoms with E-state index in [-0.39, 0.29) is 0 Å². The van der Waals surface area contributed by atoms with Crippen molar-refractivity contribution in [2.45, 2.75) is 27.2 Å². The molecule has 0 bridgehead atoms. The summed E-state index contributed by atoms with van der Waals surface area (Å²) in [7, 11) is 0. The molecule has 0 unspecified atom stereocenters. The lowest BCUT2D eigenvalue weighted by Gasteiger charge is -2.09. The van der Waals surface area contributed by atoms with Crippen LogP contribution < -0.4 is 0 Å². The number of pyridine rings is 1. The second-order valence-electron chi connectivity index (χ2n) is 7.09. The molecule has 5 aromatic rings. The molecule has 0 N–H and O–H groups in total. The Labute approximate surface area is 162 Å². The molecule has 0 saturated heterocycles. The molecule has 0 aliphatic rings. The van der Waals surface area contributed by atoms with Gasteiger partial charge in [0, 0.05) is 18.3 Å². The molecule has 0 amide bonds. The number of benzene rings is 1. The van der Waals surface area contributed by atoms with Gasteiger partial charge < -0.3 is 0 Å². The average Bonchev–Trinajstić information content (AvgIpc) is 3.22. The number of nitrogens with zero attached hydrogens (tertiary/aromatic N) is 6. The van der Waals surface area contributed by atoms with E-state index < -0.39 is 0 Å². The van der Waals surface area contributed by atoms with E-state index in [0.717, 1.165) is 45.1 Å². The molecule has 0 aliphatic heterocycles. The van der Waals surface area contributed by atoms with Crippen LogP contribution in [-0.4, -0.2) is 29.1 Å². The van der Waals surface area contributed by atoms with E-state index >= 15 is 0 Å². The summed E-state index contributed by atoms with van der Waals surface area (Å²) in [5.74, 6) is 1.69. The lowest BCUT2D eigenvalue weighted by atomic mass is 10.1. The third-order valence-corrected chi connectivity index (χ3v) is 5.28. The minimum absolute atomic E-state index is 0.697. The summed E-state index contributed by atoms with van der Waals surface area (Å²) >= 11 is 0. The Bertz CT molecular complexity index is 1310. The second kappa shape index (κ2) is 6.27. The van der Waals surface area contributed by atoms with Crippen molar-refractivity contribution in [3.8, 4) is 5.82 Å². The van der Waals surface area contributed by atoms with Crippen molar-refractivity contribution in [1.29, 1.82) is 0 Å². The number of aryl methyl sites for hydroxylation is 2. The minimum Gasteiger partial charge on any atom is -0.282 e. The molecule has 1 aromatic carbocycles. The summed E-state index contributed by atoms with van der Waals surface area (Å²) in [6.07, 6.45) is 4.26. The maximum Gasteiger partial charge on any atom is 0.168 e. The zero-order valence-electron chi connectivity index (χ0n) is 16.1. The summed E-state index contributed by atoms with van der Waals surface area (Å²) < 4.78 is 3.90. The standard InChI is InChI=1S/C22H20N6/c1-14-8-7-11-23-20(14)28-16(3)15(2)19-21(28)24-13-27-22(19)25-18(26-27)12-17-9-5-4-6-10-17/h4-11,13H,12H2,1-3H3. The molecule has 0 atom stereocenters. The Morgan fingerprint density at radius 1 is 0.893 bits per heavy atom. The molecular weight excluding hydrogens is 348 g/mol. The molecule has 4 aromatic heterocycles. The largest absolute Gasteiger partial charge is 0.282 e. The van der Waals surface area contributed by atoms with Gasteiger partial charge in [-0.2, -0.15) is 0 Å². The van der Waals surface area contributed by atoms with Gasteiger partial charge in [-0.15, -0.1) is 5.10 Å². The van der Waals surface area contributed by atoms with Crippen molar-refractivity contribution in [3.05, 3.63) is 83.2 Å². The summed E-state index contributed by atoms with van der Waals surface area (Å²) in [5.41, 5.74) is 6.27. The van der Waals surface area contributed by atoms with Crippen molar-refractivity contribution >= 4 is 16.7 Å². The number of aromatic nitrogens is 6. The highest BCUT2D eigenvalue weighted by molar-refractivity contribution is 5.94. The SMILES string of the molecule is Cc1cccnc1-n1c(C)c(C)c2c1ncn1nc(Cc3ccccc3)nc21. The monoisotopic (exact) mass is 368 g/mol. The predicted octanol–water partition coefficient (Wildman–Crippen LogP) is 3.98. The molecule has 0 aliphatic carbocycles. The van der Waals surface area contributed by atoms with Crippen molar-refractivity contribution in [2.24, 2.45) is 0 Å². The van der Waals surface area contributed by atoms with Gasteiger partial charge in [-0.1, -0.05) is 36.4 Å². The maximum atomic E-state index is 4.85. The van der Waals surface area contributed by atoms with Crippen molar-refractivity contribution in [2.75, 3.05) is 0 Å². The summed E-state index contributed by atoms with van der Waals surface area (Å²) in [6.45, 7) is 6.28. The zero-order chi connectivity index (χ0) is 19.3. The fourth-order valence-electron chi connectivity index (χ4n) is 3.73. The number of hydrogen-bond acceptors (Lipinski definition) is 4. The van der Waals surface area contributed by atoms with Crippen LogP contribution in [-0.2, 0) is 6.42 Å². The van der Waals surface area contributed by atoms with Crippen LogP contribution >= 0.6 is 0 Å². The molecule has 5 rings (SSSR count). The van der Waals surface area contributed by atoms with Gasteiger partial charge >= 0.3 is 0 Å². The smallest absolute Gasteiger partial charge is 0.168 e. The van der Waals surface area contributed by atoms with Crippen molar-refractivity contribution in [1.82, 2.24) is 29.1 Å². The minimum atomic E-state index is 0.697. The topological polar surface area (TPSA) is 60.9 Å². The summed E-state index contributed by atoms with van der Waals surface area (Å²) in [6, 6.07) is 14.3. The van der Waals surface area contributed by atoms with Gasteiger partial charge in [-0.05, 0) is 43.5 Å². The fourth-order valence-corrected chi connectivity index (χ4v) is 3.73. The third kappa shape index (κ3) is 2.49. The third-order valence-electron chi connectivity index (χ3n) is 5.28. The van der Waals surface area contributed by atoms with Crippen LogP contribution in [0.2, 0.25) is 0 Å². The highest BCUT2D eigenvalue weighted by atomic mass is 15.3. The van der Waals surface area contributed by atoms with E-state index in [2.05, 4.69) is 53.6 Å².